The van der Waals surface area contributed by atoms with Gasteiger partial charge in [-0.3, -0.25) is 14.7 Å². The number of likely N-dealkylation sites (tertiary alicyclic amines) is 1. The number of carbonyl (C=O) groups excluding carboxylic acids is 1. The molecular weight excluding hydrogens is 459 g/mol. The highest BCUT2D eigenvalue weighted by atomic mass is 127. The Kier molecular flexibility index (Phi) is 9.32. The molecule has 0 unspecified atom stereocenters. The number of nitrogens with zero attached hydrogens (tertiary/aromatic N) is 5. The van der Waals surface area contributed by atoms with Gasteiger partial charge in [0, 0.05) is 52.4 Å². The van der Waals surface area contributed by atoms with Gasteiger partial charge in [-0.1, -0.05) is 18.0 Å². The molecule has 0 radical (unpaired) electrons. The number of piperazine rings is 1. The van der Waals surface area contributed by atoms with Gasteiger partial charge >= 0.3 is 0 Å². The number of aromatic nitrogens is 1. The van der Waals surface area contributed by atoms with Gasteiger partial charge in [0.1, 0.15) is 12.0 Å². The van der Waals surface area contributed by atoms with Crippen molar-refractivity contribution in [2.75, 3.05) is 52.9 Å². The summed E-state index contributed by atoms with van der Waals surface area (Å²) in [4.78, 5) is 23.4. The van der Waals surface area contributed by atoms with Gasteiger partial charge < -0.3 is 19.6 Å². The number of carbonyl (C=O) groups is 1. The fourth-order valence-electron chi connectivity index (χ4n) is 3.56. The van der Waals surface area contributed by atoms with Crippen LogP contribution in [0.4, 0.5) is 0 Å². The van der Waals surface area contributed by atoms with E-state index in [1.54, 1.807) is 13.3 Å². The Hall–Kier alpha value is -1.36. The van der Waals surface area contributed by atoms with Crippen LogP contribution in [0.1, 0.15) is 31.4 Å². The lowest BCUT2D eigenvalue weighted by Gasteiger charge is -2.36. The second-order valence-corrected chi connectivity index (χ2v) is 6.95. The van der Waals surface area contributed by atoms with Crippen molar-refractivity contribution in [1.29, 1.82) is 0 Å². The summed E-state index contributed by atoms with van der Waals surface area (Å²) in [6.45, 7) is 6.48. The maximum Gasteiger partial charge on any atom is 0.236 e. The number of rotatable bonds is 4. The zero-order chi connectivity index (χ0) is 18.2. The Morgan fingerprint density at radius 1 is 1.11 bits per heavy atom. The molecule has 2 aliphatic rings. The van der Waals surface area contributed by atoms with Crippen LogP contribution in [0, 0.1) is 0 Å². The molecule has 1 N–H and O–H groups in total. The quantitative estimate of drug-likeness (QED) is 0.391. The Morgan fingerprint density at radius 2 is 1.81 bits per heavy atom. The van der Waals surface area contributed by atoms with Crippen LogP contribution >= 0.6 is 24.0 Å². The van der Waals surface area contributed by atoms with Crippen LogP contribution < -0.4 is 5.32 Å². The molecule has 8 nitrogen and oxygen atoms in total. The fraction of sp³-hybridized carbons (Fsp3) is 0.722. The lowest BCUT2D eigenvalue weighted by molar-refractivity contribution is -0.132. The van der Waals surface area contributed by atoms with Gasteiger partial charge in [0.25, 0.3) is 0 Å². The van der Waals surface area contributed by atoms with Gasteiger partial charge in [0.2, 0.25) is 5.91 Å². The molecule has 0 bridgehead atoms. The molecule has 1 amide bonds. The Labute approximate surface area is 178 Å². The minimum atomic E-state index is 0. The number of guanidine groups is 1. The molecule has 1 aromatic rings. The molecule has 9 heteroatoms. The largest absolute Gasteiger partial charge is 0.364 e. The normalized spacial score (nSPS) is 19.4. The molecule has 152 valence electrons. The highest BCUT2D eigenvalue weighted by Gasteiger charge is 2.23. The Morgan fingerprint density at radius 3 is 2.41 bits per heavy atom. The molecule has 0 aromatic carbocycles. The first-order valence-electron chi connectivity index (χ1n) is 9.61. The fourth-order valence-corrected chi connectivity index (χ4v) is 3.56. The summed E-state index contributed by atoms with van der Waals surface area (Å²) in [5.74, 6) is 1.15. The molecular formula is C18H31IN6O2. The molecule has 0 atom stereocenters. The summed E-state index contributed by atoms with van der Waals surface area (Å²) in [6.07, 6.45) is 6.37. The van der Waals surface area contributed by atoms with Crippen molar-refractivity contribution in [3.63, 3.8) is 0 Å². The van der Waals surface area contributed by atoms with Gasteiger partial charge in [-0.2, -0.15) is 0 Å². The molecule has 0 saturated carbocycles. The standard InChI is InChI=1S/C18H30N6O2.HI/c1-19-18(20-14-16-6-13-26-21-16)24-11-9-22(10-12-24)15-17(25)23-7-4-2-3-5-8-23;/h6,13H,2-5,7-12,14-15H2,1H3,(H,19,20);1H. The number of hydrogen-bond donors (Lipinski definition) is 1. The molecule has 0 spiro atoms. The highest BCUT2D eigenvalue weighted by Crippen LogP contribution is 2.11. The molecule has 27 heavy (non-hydrogen) atoms. The van der Waals surface area contributed by atoms with E-state index in [2.05, 4.69) is 30.2 Å². The van der Waals surface area contributed by atoms with Crippen LogP contribution in [0.25, 0.3) is 0 Å². The van der Waals surface area contributed by atoms with E-state index in [1.165, 1.54) is 12.8 Å². The number of nitrogens with one attached hydrogen (secondary N) is 1. The van der Waals surface area contributed by atoms with Gasteiger partial charge in [0.05, 0.1) is 13.1 Å². The summed E-state index contributed by atoms with van der Waals surface area (Å²) in [5.41, 5.74) is 0.854. The molecule has 1 aromatic heterocycles. The van der Waals surface area contributed by atoms with E-state index in [0.717, 1.165) is 63.8 Å². The average molecular weight is 490 g/mol. The number of hydrogen-bond acceptors (Lipinski definition) is 5. The molecule has 2 fully saturated rings. The van der Waals surface area contributed by atoms with Gasteiger partial charge in [0.15, 0.2) is 5.96 Å². The van der Waals surface area contributed by atoms with Crippen LogP contribution in [-0.2, 0) is 11.3 Å². The van der Waals surface area contributed by atoms with E-state index in [1.807, 2.05) is 6.07 Å². The third kappa shape index (κ3) is 6.63. The minimum Gasteiger partial charge on any atom is -0.364 e. The van der Waals surface area contributed by atoms with Crippen LogP contribution in [0.2, 0.25) is 0 Å². The first kappa shape index (κ1) is 21.9. The third-order valence-electron chi connectivity index (χ3n) is 5.12. The Balaban J connectivity index is 0.00000261. The van der Waals surface area contributed by atoms with E-state index in [9.17, 15) is 4.79 Å². The lowest BCUT2D eigenvalue weighted by Crippen LogP contribution is -2.54. The van der Waals surface area contributed by atoms with E-state index in [0.29, 0.717) is 13.1 Å². The average Bonchev–Trinajstić information content (AvgIpc) is 3.03. The number of halogens is 1. The van der Waals surface area contributed by atoms with Gasteiger partial charge in [-0.15, -0.1) is 24.0 Å². The minimum absolute atomic E-state index is 0. The zero-order valence-electron chi connectivity index (χ0n) is 16.1. The van der Waals surface area contributed by atoms with Crippen molar-refractivity contribution in [2.45, 2.75) is 32.2 Å². The van der Waals surface area contributed by atoms with E-state index in [4.69, 9.17) is 4.52 Å². The van der Waals surface area contributed by atoms with Crippen molar-refractivity contribution < 1.29 is 9.32 Å². The predicted molar refractivity (Wildman–Crippen MR) is 115 cm³/mol. The molecule has 3 heterocycles. The van der Waals surface area contributed by atoms with Crippen molar-refractivity contribution in [3.8, 4) is 0 Å². The van der Waals surface area contributed by atoms with Crippen LogP contribution in [-0.4, -0.2) is 84.6 Å². The van der Waals surface area contributed by atoms with Crippen LogP contribution in [0.3, 0.4) is 0 Å². The maximum atomic E-state index is 12.5. The summed E-state index contributed by atoms with van der Waals surface area (Å²) >= 11 is 0. The smallest absolute Gasteiger partial charge is 0.236 e. The van der Waals surface area contributed by atoms with Crippen molar-refractivity contribution in [3.05, 3.63) is 18.0 Å². The summed E-state index contributed by atoms with van der Waals surface area (Å²) in [5, 5.41) is 7.22. The monoisotopic (exact) mass is 490 g/mol. The van der Waals surface area contributed by atoms with Gasteiger partial charge in [-0.25, -0.2) is 0 Å². The molecule has 2 aliphatic heterocycles. The van der Waals surface area contributed by atoms with Crippen molar-refractivity contribution >= 4 is 35.8 Å². The van der Waals surface area contributed by atoms with Crippen LogP contribution in [0.5, 0.6) is 0 Å². The molecule has 2 saturated heterocycles. The van der Waals surface area contributed by atoms with E-state index in [-0.39, 0.29) is 29.9 Å². The Bertz CT molecular complexity index is 579. The van der Waals surface area contributed by atoms with E-state index < -0.39 is 0 Å². The summed E-state index contributed by atoms with van der Waals surface area (Å²) in [6, 6.07) is 1.84. The topological polar surface area (TPSA) is 77.2 Å². The lowest BCUT2D eigenvalue weighted by atomic mass is 10.2. The third-order valence-corrected chi connectivity index (χ3v) is 5.12. The zero-order valence-corrected chi connectivity index (χ0v) is 18.4. The van der Waals surface area contributed by atoms with Gasteiger partial charge in [-0.05, 0) is 12.8 Å². The molecule has 0 aliphatic carbocycles. The van der Waals surface area contributed by atoms with Crippen molar-refractivity contribution in [1.82, 2.24) is 25.2 Å². The van der Waals surface area contributed by atoms with E-state index >= 15 is 0 Å². The first-order chi connectivity index (χ1) is 12.8. The molecule has 3 rings (SSSR count). The summed E-state index contributed by atoms with van der Waals surface area (Å²) < 4.78 is 4.85. The predicted octanol–water partition coefficient (Wildman–Crippen LogP) is 1.39. The second kappa shape index (κ2) is 11.5. The van der Waals surface area contributed by atoms with Crippen LogP contribution in [0.15, 0.2) is 21.8 Å². The van der Waals surface area contributed by atoms with Crippen molar-refractivity contribution in [2.24, 2.45) is 4.99 Å². The summed E-state index contributed by atoms with van der Waals surface area (Å²) in [7, 11) is 1.79. The first-order valence-corrected chi connectivity index (χ1v) is 9.61. The number of amides is 1. The second-order valence-electron chi connectivity index (χ2n) is 6.95. The highest BCUT2D eigenvalue weighted by molar-refractivity contribution is 14.0. The SMILES string of the molecule is CN=C(NCc1ccon1)N1CCN(CC(=O)N2CCCCCC2)CC1.I. The maximum absolute atomic E-state index is 12.5. The number of aliphatic imine (C=N–C) groups is 1.